The van der Waals surface area contributed by atoms with Crippen molar-refractivity contribution in [3.63, 3.8) is 0 Å². The van der Waals surface area contributed by atoms with Crippen molar-refractivity contribution in [2.24, 2.45) is 0 Å². The van der Waals surface area contributed by atoms with E-state index in [0.717, 1.165) is 0 Å². The minimum absolute atomic E-state index is 0.0805. The third-order valence-corrected chi connectivity index (χ3v) is 2.44. The molecule has 0 bridgehead atoms. The summed E-state index contributed by atoms with van der Waals surface area (Å²) < 4.78 is 5.78. The first-order valence-corrected chi connectivity index (χ1v) is 6.16. The molecule has 3 atom stereocenters. The highest BCUT2D eigenvalue weighted by molar-refractivity contribution is 5.64. The molecule has 0 saturated carbocycles. The first-order valence-electron chi connectivity index (χ1n) is 6.16. The molecule has 0 heterocycles. The number of carboxylic acids is 1. The summed E-state index contributed by atoms with van der Waals surface area (Å²) in [6.07, 6.45) is -2.11. The van der Waals surface area contributed by atoms with Gasteiger partial charge in [0.05, 0.1) is 27.2 Å². The lowest BCUT2D eigenvalue weighted by molar-refractivity contribution is -0.874. The zero-order chi connectivity index (χ0) is 14.3. The van der Waals surface area contributed by atoms with Gasteiger partial charge >= 0.3 is 0 Å². The van der Waals surface area contributed by atoms with Crippen molar-refractivity contribution in [1.82, 2.24) is 0 Å². The highest BCUT2D eigenvalue weighted by Gasteiger charge is 2.23. The van der Waals surface area contributed by atoms with Crippen LogP contribution in [0.3, 0.4) is 0 Å². The fourth-order valence-corrected chi connectivity index (χ4v) is 1.63. The number of carbonyl (C=O) groups excluding carboxylic acids is 1. The van der Waals surface area contributed by atoms with Gasteiger partial charge in [-0.1, -0.05) is 6.92 Å². The Bertz CT molecular complexity index is 251. The van der Waals surface area contributed by atoms with E-state index in [0.29, 0.717) is 17.4 Å². The molecule has 0 aromatic carbocycles. The number of carbonyl (C=O) groups is 1. The maximum Gasteiger partial charge on any atom is 0.157 e. The summed E-state index contributed by atoms with van der Waals surface area (Å²) in [5.41, 5.74) is 0. The van der Waals surface area contributed by atoms with Gasteiger partial charge < -0.3 is 29.3 Å². The molecule has 18 heavy (non-hydrogen) atoms. The monoisotopic (exact) mass is 263 g/mol. The maximum atomic E-state index is 10.6. The first-order chi connectivity index (χ1) is 8.14. The highest BCUT2D eigenvalue weighted by Crippen LogP contribution is 2.10. The number of quaternary nitrogens is 1. The molecule has 6 nitrogen and oxygen atoms in total. The van der Waals surface area contributed by atoms with Crippen LogP contribution >= 0.6 is 0 Å². The van der Waals surface area contributed by atoms with Crippen LogP contribution in [-0.2, 0) is 9.53 Å². The van der Waals surface area contributed by atoms with Crippen LogP contribution in [0.25, 0.3) is 0 Å². The Balaban J connectivity index is 4.35. The number of aliphatic hydroxyl groups is 2. The molecule has 0 aromatic rings. The van der Waals surface area contributed by atoms with Crippen molar-refractivity contribution in [2.45, 2.75) is 44.7 Å². The Morgan fingerprint density at radius 1 is 1.33 bits per heavy atom. The Kier molecular flexibility index (Phi) is 7.39. The molecule has 2 unspecified atom stereocenters. The topological polar surface area (TPSA) is 89.8 Å². The van der Waals surface area contributed by atoms with E-state index >= 15 is 0 Å². The number of hydrogen-bond acceptors (Lipinski definition) is 5. The second-order valence-electron chi connectivity index (χ2n) is 5.56. The van der Waals surface area contributed by atoms with Crippen LogP contribution in [0.1, 0.15) is 26.2 Å². The molecule has 0 saturated heterocycles. The molecule has 0 aromatic heterocycles. The fraction of sp³-hybridized carbons (Fsp3) is 0.917. The third-order valence-electron chi connectivity index (χ3n) is 2.44. The average molecular weight is 263 g/mol. The predicted molar refractivity (Wildman–Crippen MR) is 64.3 cm³/mol. The van der Waals surface area contributed by atoms with Crippen molar-refractivity contribution >= 4 is 5.97 Å². The van der Waals surface area contributed by atoms with Crippen molar-refractivity contribution < 1.29 is 29.3 Å². The second-order valence-corrected chi connectivity index (χ2v) is 5.56. The second kappa shape index (κ2) is 7.68. The van der Waals surface area contributed by atoms with Gasteiger partial charge in [0.25, 0.3) is 0 Å². The molecular formula is C12H25NO5. The molecule has 0 aliphatic rings. The van der Waals surface area contributed by atoms with Crippen LogP contribution < -0.4 is 5.11 Å². The van der Waals surface area contributed by atoms with Gasteiger partial charge in [0.2, 0.25) is 0 Å². The van der Waals surface area contributed by atoms with Gasteiger partial charge in [-0.2, -0.15) is 0 Å². The van der Waals surface area contributed by atoms with Crippen molar-refractivity contribution in [3.8, 4) is 0 Å². The van der Waals surface area contributed by atoms with Crippen LogP contribution in [-0.4, -0.2) is 66.9 Å². The quantitative estimate of drug-likeness (QED) is 0.398. The number of rotatable bonds is 9. The van der Waals surface area contributed by atoms with Crippen LogP contribution in [0.4, 0.5) is 0 Å². The van der Waals surface area contributed by atoms with Crippen molar-refractivity contribution in [3.05, 3.63) is 0 Å². The molecule has 0 aliphatic heterocycles. The van der Waals surface area contributed by atoms with Gasteiger partial charge in [0.1, 0.15) is 12.6 Å². The number of aliphatic carboxylic acids is 1. The number of likely N-dealkylation sites (N-methyl/N-ethyl adjacent to an activating group) is 1. The average Bonchev–Trinajstić information content (AvgIpc) is 2.12. The number of carboxylic acid groups (broad SMARTS) is 1. The van der Waals surface area contributed by atoms with Crippen LogP contribution in [0.2, 0.25) is 0 Å². The minimum Gasteiger partial charge on any atom is -0.550 e. The smallest absolute Gasteiger partial charge is 0.157 e. The van der Waals surface area contributed by atoms with E-state index < -0.39 is 24.5 Å². The number of hydrogen-bond donors (Lipinski definition) is 2. The molecule has 2 N–H and O–H groups in total. The molecule has 0 radical (unpaired) electrons. The Morgan fingerprint density at radius 2 is 1.89 bits per heavy atom. The Hall–Kier alpha value is -0.690. The van der Waals surface area contributed by atoms with Crippen LogP contribution in [0, 0.1) is 0 Å². The number of aliphatic hydroxyl groups excluding tert-OH is 2. The zero-order valence-corrected chi connectivity index (χ0v) is 11.6. The predicted octanol–water partition coefficient (Wildman–Crippen LogP) is -1.30. The summed E-state index contributed by atoms with van der Waals surface area (Å²) >= 11 is 0. The van der Waals surface area contributed by atoms with E-state index in [1.165, 1.54) is 0 Å². The van der Waals surface area contributed by atoms with E-state index in [4.69, 9.17) is 4.74 Å². The van der Waals surface area contributed by atoms with Gasteiger partial charge in [0.15, 0.2) is 6.29 Å². The fourth-order valence-electron chi connectivity index (χ4n) is 1.63. The largest absolute Gasteiger partial charge is 0.550 e. The lowest BCUT2D eigenvalue weighted by atomic mass is 10.2. The van der Waals surface area contributed by atoms with Gasteiger partial charge in [-0.05, 0) is 6.42 Å². The number of ether oxygens (including phenoxy) is 1. The standard InChI is InChI=1S/C12H25NO5/c1-5-9(14)6-12(17)18-10(7-11(15)16)8-13(2,3)4/h9-10,12,14,17H,5-8H2,1-4H3/t9?,10-,12?/m0/s1. The summed E-state index contributed by atoms with van der Waals surface area (Å²) in [4.78, 5) is 10.6. The summed E-state index contributed by atoms with van der Waals surface area (Å²) in [6.45, 7) is 2.23. The third kappa shape index (κ3) is 9.35. The Morgan fingerprint density at radius 3 is 2.28 bits per heavy atom. The zero-order valence-electron chi connectivity index (χ0n) is 11.6. The number of nitrogens with zero attached hydrogens (tertiary/aromatic N) is 1. The first kappa shape index (κ1) is 17.3. The van der Waals surface area contributed by atoms with Crippen LogP contribution in [0.15, 0.2) is 0 Å². The summed E-state index contributed by atoms with van der Waals surface area (Å²) in [7, 11) is 5.71. The maximum absolute atomic E-state index is 10.6. The van der Waals surface area contributed by atoms with Crippen LogP contribution in [0.5, 0.6) is 0 Å². The molecule has 108 valence electrons. The van der Waals surface area contributed by atoms with Gasteiger partial charge in [-0.25, -0.2) is 0 Å². The molecule has 0 spiro atoms. The summed E-state index contributed by atoms with van der Waals surface area (Å²) in [6, 6.07) is 0. The van der Waals surface area contributed by atoms with E-state index in [1.807, 2.05) is 21.1 Å². The molecule has 6 heteroatoms. The molecule has 0 aliphatic carbocycles. The molecule has 0 rings (SSSR count). The Labute approximate surface area is 108 Å². The molecule has 0 fully saturated rings. The van der Waals surface area contributed by atoms with Crippen molar-refractivity contribution in [1.29, 1.82) is 0 Å². The minimum atomic E-state index is -1.21. The SMILES string of the molecule is CCC(O)CC(O)O[C@@H](CC(=O)[O-])C[N+](C)(C)C. The van der Waals surface area contributed by atoms with Gasteiger partial charge in [-0.3, -0.25) is 0 Å². The van der Waals surface area contributed by atoms with Gasteiger partial charge in [-0.15, -0.1) is 0 Å². The molecule has 0 amide bonds. The normalized spacial score (nSPS) is 17.2. The highest BCUT2D eigenvalue weighted by atomic mass is 16.6. The summed E-state index contributed by atoms with van der Waals surface area (Å²) in [5, 5.41) is 29.6. The van der Waals surface area contributed by atoms with E-state index in [2.05, 4.69) is 0 Å². The van der Waals surface area contributed by atoms with E-state index in [9.17, 15) is 20.1 Å². The van der Waals surface area contributed by atoms with E-state index in [-0.39, 0.29) is 12.8 Å². The van der Waals surface area contributed by atoms with Gasteiger partial charge in [0, 0.05) is 18.8 Å². The lowest BCUT2D eigenvalue weighted by Crippen LogP contribution is -2.45. The van der Waals surface area contributed by atoms with Crippen molar-refractivity contribution in [2.75, 3.05) is 27.7 Å². The van der Waals surface area contributed by atoms with E-state index in [1.54, 1.807) is 6.92 Å². The summed E-state index contributed by atoms with van der Waals surface area (Å²) in [5.74, 6) is -1.21. The molecular weight excluding hydrogens is 238 g/mol. The lowest BCUT2D eigenvalue weighted by Gasteiger charge is -2.31.